The number of allylic oxidation sites excluding steroid dienone is 3. The summed E-state index contributed by atoms with van der Waals surface area (Å²) in [6.45, 7) is 5.71. The van der Waals surface area contributed by atoms with E-state index in [0.29, 0.717) is 0 Å². The molecule has 0 aliphatic carbocycles. The third kappa shape index (κ3) is 12.8. The fourth-order valence-electron chi connectivity index (χ4n) is 1.47. The number of aliphatic hydroxyl groups excluding tert-OH is 1. The Hall–Kier alpha value is -1.26. The SMILES string of the molecule is C=CC(O)C=CC#CCC=CCCCCCCC. The molecular formula is C17H26O. The van der Waals surface area contributed by atoms with E-state index in [1.807, 2.05) is 0 Å². The van der Waals surface area contributed by atoms with Crippen LogP contribution in [0.1, 0.15) is 51.9 Å². The van der Waals surface area contributed by atoms with Crippen LogP contribution < -0.4 is 0 Å². The van der Waals surface area contributed by atoms with Crippen molar-refractivity contribution >= 4 is 0 Å². The van der Waals surface area contributed by atoms with Gasteiger partial charge in [-0.25, -0.2) is 0 Å². The molecule has 0 heterocycles. The molecule has 0 rings (SSSR count). The van der Waals surface area contributed by atoms with Gasteiger partial charge in [-0.3, -0.25) is 0 Å². The number of rotatable bonds is 9. The van der Waals surface area contributed by atoms with Crippen molar-refractivity contribution in [3.8, 4) is 11.8 Å². The molecule has 0 aromatic carbocycles. The van der Waals surface area contributed by atoms with Crippen LogP contribution in [0.15, 0.2) is 37.0 Å². The first kappa shape index (κ1) is 16.7. The average Bonchev–Trinajstić information content (AvgIpc) is 2.39. The lowest BCUT2D eigenvalue weighted by Gasteiger charge is -1.95. The monoisotopic (exact) mass is 246 g/mol. The van der Waals surface area contributed by atoms with E-state index in [-0.39, 0.29) is 0 Å². The van der Waals surface area contributed by atoms with Gasteiger partial charge < -0.3 is 5.11 Å². The van der Waals surface area contributed by atoms with Gasteiger partial charge in [0.05, 0.1) is 6.10 Å². The van der Waals surface area contributed by atoms with Crippen LogP contribution in [-0.2, 0) is 0 Å². The molecule has 0 amide bonds. The Kier molecular flexibility index (Phi) is 12.8. The van der Waals surface area contributed by atoms with E-state index < -0.39 is 6.10 Å². The van der Waals surface area contributed by atoms with Gasteiger partial charge in [0.25, 0.3) is 0 Å². The summed E-state index contributed by atoms with van der Waals surface area (Å²) in [5, 5.41) is 9.13. The molecule has 0 aromatic heterocycles. The van der Waals surface area contributed by atoms with Gasteiger partial charge >= 0.3 is 0 Å². The lowest BCUT2D eigenvalue weighted by Crippen LogP contribution is -1.93. The Labute approximate surface area is 112 Å². The van der Waals surface area contributed by atoms with Crippen LogP contribution in [0.4, 0.5) is 0 Å². The molecular weight excluding hydrogens is 220 g/mol. The fourth-order valence-corrected chi connectivity index (χ4v) is 1.47. The third-order valence-electron chi connectivity index (χ3n) is 2.58. The molecule has 1 nitrogen and oxygen atoms in total. The second-order valence-electron chi connectivity index (χ2n) is 4.28. The standard InChI is InChI=1S/C17H26O/c1-3-5-6-7-8-9-10-11-12-13-14-15-16-17(18)4-2/h4,10-11,15-18H,2-3,5-9,12H2,1H3. The molecule has 0 fully saturated rings. The molecule has 0 bridgehead atoms. The summed E-state index contributed by atoms with van der Waals surface area (Å²) in [7, 11) is 0. The summed E-state index contributed by atoms with van der Waals surface area (Å²) in [5.41, 5.74) is 0. The molecule has 0 aliphatic heterocycles. The lowest BCUT2D eigenvalue weighted by molar-refractivity contribution is 0.272. The second kappa shape index (κ2) is 13.8. The molecule has 18 heavy (non-hydrogen) atoms. The Morgan fingerprint density at radius 1 is 1.17 bits per heavy atom. The summed E-state index contributed by atoms with van der Waals surface area (Å²) in [4.78, 5) is 0. The highest BCUT2D eigenvalue weighted by Gasteiger charge is 1.86. The van der Waals surface area contributed by atoms with Crippen LogP contribution in [0, 0.1) is 11.8 Å². The van der Waals surface area contributed by atoms with Crippen LogP contribution in [0.2, 0.25) is 0 Å². The van der Waals surface area contributed by atoms with Gasteiger partial charge in [0.15, 0.2) is 0 Å². The molecule has 1 atom stereocenters. The molecule has 0 saturated carbocycles. The van der Waals surface area contributed by atoms with Crippen molar-refractivity contribution in [3.63, 3.8) is 0 Å². The second-order valence-corrected chi connectivity index (χ2v) is 4.28. The summed E-state index contributed by atoms with van der Waals surface area (Å²) in [5.74, 6) is 5.89. The van der Waals surface area contributed by atoms with Crippen LogP contribution >= 0.6 is 0 Å². The predicted molar refractivity (Wildman–Crippen MR) is 80.3 cm³/mol. The van der Waals surface area contributed by atoms with Gasteiger partial charge in [0.1, 0.15) is 0 Å². The van der Waals surface area contributed by atoms with Crippen LogP contribution in [0.5, 0.6) is 0 Å². The van der Waals surface area contributed by atoms with Crippen LogP contribution in [0.3, 0.4) is 0 Å². The maximum Gasteiger partial charge on any atom is 0.0909 e. The zero-order valence-electron chi connectivity index (χ0n) is 11.6. The summed E-state index contributed by atoms with van der Waals surface area (Å²) >= 11 is 0. The molecule has 0 saturated heterocycles. The van der Waals surface area contributed by atoms with Gasteiger partial charge in [-0.05, 0) is 25.0 Å². The Balaban J connectivity index is 3.45. The fraction of sp³-hybridized carbons (Fsp3) is 0.529. The molecule has 0 aromatic rings. The lowest BCUT2D eigenvalue weighted by atomic mass is 10.1. The van der Waals surface area contributed by atoms with Crippen molar-refractivity contribution < 1.29 is 5.11 Å². The highest BCUT2D eigenvalue weighted by atomic mass is 16.3. The number of hydrogen-bond donors (Lipinski definition) is 1. The quantitative estimate of drug-likeness (QED) is 0.363. The molecule has 0 radical (unpaired) electrons. The van der Waals surface area contributed by atoms with E-state index in [1.165, 1.54) is 38.2 Å². The first-order valence-electron chi connectivity index (χ1n) is 6.92. The van der Waals surface area contributed by atoms with E-state index in [4.69, 9.17) is 5.11 Å². The average molecular weight is 246 g/mol. The molecule has 100 valence electrons. The van der Waals surface area contributed by atoms with E-state index in [1.54, 1.807) is 12.2 Å². The van der Waals surface area contributed by atoms with Crippen molar-refractivity contribution in [2.75, 3.05) is 0 Å². The third-order valence-corrected chi connectivity index (χ3v) is 2.58. The van der Waals surface area contributed by atoms with E-state index in [2.05, 4.69) is 37.5 Å². The summed E-state index contributed by atoms with van der Waals surface area (Å²) in [6, 6.07) is 0. The maximum absolute atomic E-state index is 9.13. The minimum Gasteiger partial charge on any atom is -0.385 e. The molecule has 1 heteroatoms. The Morgan fingerprint density at radius 2 is 1.94 bits per heavy atom. The smallest absolute Gasteiger partial charge is 0.0909 e. The van der Waals surface area contributed by atoms with Crippen LogP contribution in [0.25, 0.3) is 0 Å². The normalized spacial score (nSPS) is 12.6. The van der Waals surface area contributed by atoms with Crippen molar-refractivity contribution in [2.24, 2.45) is 0 Å². The molecule has 0 spiro atoms. The molecule has 0 aliphatic rings. The van der Waals surface area contributed by atoms with Gasteiger partial charge in [0.2, 0.25) is 0 Å². The van der Waals surface area contributed by atoms with E-state index in [9.17, 15) is 0 Å². The minimum absolute atomic E-state index is 0.585. The topological polar surface area (TPSA) is 20.2 Å². The van der Waals surface area contributed by atoms with Gasteiger partial charge in [-0.15, -0.1) is 6.58 Å². The van der Waals surface area contributed by atoms with Crippen molar-refractivity contribution in [1.82, 2.24) is 0 Å². The Bertz CT molecular complexity index is 301. The zero-order chi connectivity index (χ0) is 13.5. The maximum atomic E-state index is 9.13. The van der Waals surface area contributed by atoms with Gasteiger partial charge in [-0.1, -0.05) is 62.7 Å². The van der Waals surface area contributed by atoms with Gasteiger partial charge in [-0.2, -0.15) is 0 Å². The zero-order valence-corrected chi connectivity index (χ0v) is 11.6. The minimum atomic E-state index is -0.585. The summed E-state index contributed by atoms with van der Waals surface area (Å²) < 4.78 is 0. The highest BCUT2D eigenvalue weighted by Crippen LogP contribution is 2.05. The molecule has 1 unspecified atom stereocenters. The van der Waals surface area contributed by atoms with Crippen molar-refractivity contribution in [2.45, 2.75) is 58.0 Å². The van der Waals surface area contributed by atoms with Crippen LogP contribution in [-0.4, -0.2) is 11.2 Å². The predicted octanol–water partition coefficient (Wildman–Crippen LogP) is 4.40. The number of unbranched alkanes of at least 4 members (excludes halogenated alkanes) is 5. The highest BCUT2D eigenvalue weighted by molar-refractivity contribution is 5.19. The van der Waals surface area contributed by atoms with E-state index in [0.717, 1.165) is 12.8 Å². The Morgan fingerprint density at radius 3 is 2.67 bits per heavy atom. The number of hydrogen-bond acceptors (Lipinski definition) is 1. The van der Waals surface area contributed by atoms with E-state index >= 15 is 0 Å². The first-order chi connectivity index (χ1) is 8.81. The number of aliphatic hydroxyl groups is 1. The van der Waals surface area contributed by atoms with Crippen molar-refractivity contribution in [3.05, 3.63) is 37.0 Å². The summed E-state index contributed by atoms with van der Waals surface area (Å²) in [6.07, 6.45) is 17.1. The largest absolute Gasteiger partial charge is 0.385 e. The van der Waals surface area contributed by atoms with Gasteiger partial charge in [0, 0.05) is 6.42 Å². The van der Waals surface area contributed by atoms with Crippen molar-refractivity contribution in [1.29, 1.82) is 0 Å². The first-order valence-corrected chi connectivity index (χ1v) is 6.92. The molecule has 1 N–H and O–H groups in total.